The summed E-state index contributed by atoms with van der Waals surface area (Å²) >= 11 is 0. The molecular formula is C50H49N2+. The summed E-state index contributed by atoms with van der Waals surface area (Å²) in [5.41, 5.74) is 11.8. The predicted molar refractivity (Wildman–Crippen MR) is 222 cm³/mol. The van der Waals surface area contributed by atoms with Crippen LogP contribution in [0.1, 0.15) is 60.3 Å². The van der Waals surface area contributed by atoms with Crippen LogP contribution >= 0.6 is 0 Å². The van der Waals surface area contributed by atoms with Gasteiger partial charge in [-0.3, -0.25) is 0 Å². The van der Waals surface area contributed by atoms with Crippen molar-refractivity contribution in [2.24, 2.45) is 7.05 Å². The monoisotopic (exact) mass is 677 g/mol. The first kappa shape index (κ1) is 35.8. The van der Waals surface area contributed by atoms with Crippen LogP contribution in [0.5, 0.6) is 0 Å². The van der Waals surface area contributed by atoms with E-state index in [-0.39, 0.29) is 0 Å². The van der Waals surface area contributed by atoms with E-state index in [4.69, 9.17) is 0 Å². The molecule has 0 amide bonds. The first-order valence-corrected chi connectivity index (χ1v) is 18.5. The van der Waals surface area contributed by atoms with Crippen LogP contribution in [0, 0.1) is 0 Å². The first-order chi connectivity index (χ1) is 25.6. The lowest BCUT2D eigenvalue weighted by Gasteiger charge is -2.14. The quantitative estimate of drug-likeness (QED) is 0.0801. The van der Waals surface area contributed by atoms with Gasteiger partial charge >= 0.3 is 0 Å². The van der Waals surface area contributed by atoms with Crippen LogP contribution in [0.3, 0.4) is 0 Å². The molecule has 6 aromatic rings. The zero-order chi connectivity index (χ0) is 36.0. The highest BCUT2D eigenvalue weighted by Gasteiger charge is 2.18. The molecule has 0 saturated carbocycles. The molecule has 6 rings (SSSR count). The molecule has 0 radical (unpaired) electrons. The second-order valence-corrected chi connectivity index (χ2v) is 13.1. The average molecular weight is 678 g/mol. The number of aryl methyl sites for hydroxylation is 2. The molecule has 5 aromatic carbocycles. The molecule has 0 fully saturated rings. The van der Waals surface area contributed by atoms with Gasteiger partial charge in [-0.15, -0.1) is 0 Å². The van der Waals surface area contributed by atoms with Crippen molar-refractivity contribution in [2.45, 2.75) is 39.7 Å². The lowest BCUT2D eigenvalue weighted by Crippen LogP contribution is -2.32. The molecule has 0 N–H and O–H groups in total. The third-order valence-electron chi connectivity index (χ3n) is 9.46. The zero-order valence-corrected chi connectivity index (χ0v) is 30.7. The summed E-state index contributed by atoms with van der Waals surface area (Å²) < 4.78 is 4.69. The van der Waals surface area contributed by atoms with Gasteiger partial charge in [0.05, 0.1) is 20.0 Å². The topological polar surface area (TPSA) is 8.81 Å². The van der Waals surface area contributed by atoms with E-state index in [1.807, 2.05) is 0 Å². The molecular weight excluding hydrogens is 629 g/mol. The Morgan fingerprint density at radius 1 is 0.519 bits per heavy atom. The number of allylic oxidation sites excluding steroid dienone is 10. The molecule has 0 unspecified atom stereocenters. The van der Waals surface area contributed by atoms with E-state index in [1.54, 1.807) is 0 Å². The normalized spacial score (nSPS) is 13.0. The molecule has 0 bridgehead atoms. The Balaban J connectivity index is 1.58. The third-order valence-corrected chi connectivity index (χ3v) is 9.46. The SMILES string of the molecule is C/C=C(/C=C(/C=C(/C=C(/C=C(/Cc1n(CCCC)cc[n+]1C)c1ccccc1)c1ccccc1)c1ccccc1)c1ccccc1)c1ccccc1. The molecule has 0 saturated heterocycles. The van der Waals surface area contributed by atoms with Crippen LogP contribution in [0.25, 0.3) is 27.9 Å². The third kappa shape index (κ3) is 9.41. The number of hydrogen-bond donors (Lipinski definition) is 0. The summed E-state index contributed by atoms with van der Waals surface area (Å²) in [5, 5.41) is 0. The maximum absolute atomic E-state index is 2.42. The fourth-order valence-electron chi connectivity index (χ4n) is 6.54. The van der Waals surface area contributed by atoms with Gasteiger partial charge in [-0.2, -0.15) is 0 Å². The highest BCUT2D eigenvalue weighted by molar-refractivity contribution is 5.97. The predicted octanol–water partition coefficient (Wildman–Crippen LogP) is 12.1. The maximum atomic E-state index is 2.42. The summed E-state index contributed by atoms with van der Waals surface area (Å²) in [6, 6.07) is 53.8. The number of aromatic nitrogens is 2. The molecule has 0 aliphatic carbocycles. The molecule has 0 spiro atoms. The van der Waals surface area contributed by atoms with Gasteiger partial charge in [0.15, 0.2) is 0 Å². The molecule has 258 valence electrons. The van der Waals surface area contributed by atoms with Gasteiger partial charge in [-0.05, 0) is 93.3 Å². The fourth-order valence-corrected chi connectivity index (χ4v) is 6.54. The van der Waals surface area contributed by atoms with Crippen LogP contribution in [-0.2, 0) is 20.0 Å². The van der Waals surface area contributed by atoms with Gasteiger partial charge in [0, 0.05) is 0 Å². The maximum Gasteiger partial charge on any atom is 0.260 e. The average Bonchev–Trinajstić information content (AvgIpc) is 3.56. The molecule has 0 aliphatic rings. The minimum atomic E-state index is 0.808. The van der Waals surface area contributed by atoms with Crippen molar-refractivity contribution in [1.82, 2.24) is 4.57 Å². The van der Waals surface area contributed by atoms with Crippen LogP contribution in [0.2, 0.25) is 0 Å². The molecule has 1 aromatic heterocycles. The Bertz CT molecular complexity index is 2160. The Morgan fingerprint density at radius 3 is 1.33 bits per heavy atom. The van der Waals surface area contributed by atoms with Crippen LogP contribution in [0.15, 0.2) is 194 Å². The van der Waals surface area contributed by atoms with E-state index < -0.39 is 0 Å². The van der Waals surface area contributed by atoms with Crippen molar-refractivity contribution in [3.63, 3.8) is 0 Å². The Kier molecular flexibility index (Phi) is 12.6. The van der Waals surface area contributed by atoms with Gasteiger partial charge in [0.1, 0.15) is 12.4 Å². The molecule has 0 aliphatic heterocycles. The Morgan fingerprint density at radius 2 is 0.904 bits per heavy atom. The van der Waals surface area contributed by atoms with Gasteiger partial charge in [0.2, 0.25) is 0 Å². The highest BCUT2D eigenvalue weighted by Crippen LogP contribution is 2.32. The summed E-state index contributed by atoms with van der Waals surface area (Å²) in [5.74, 6) is 1.30. The number of benzene rings is 5. The molecule has 1 heterocycles. The lowest BCUT2D eigenvalue weighted by atomic mass is 9.91. The largest absolute Gasteiger partial charge is 0.260 e. The number of nitrogens with zero attached hydrogens (tertiary/aromatic N) is 2. The minimum Gasteiger partial charge on any atom is -0.237 e. The van der Waals surface area contributed by atoms with Crippen molar-refractivity contribution in [2.75, 3.05) is 0 Å². The molecule has 52 heavy (non-hydrogen) atoms. The van der Waals surface area contributed by atoms with Crippen molar-refractivity contribution in [1.29, 1.82) is 0 Å². The summed E-state index contributed by atoms with van der Waals surface area (Å²) in [7, 11) is 2.16. The smallest absolute Gasteiger partial charge is 0.237 e. The Labute approximate surface area is 310 Å². The second-order valence-electron chi connectivity index (χ2n) is 13.1. The van der Waals surface area contributed by atoms with Gasteiger partial charge in [-0.1, -0.05) is 171 Å². The summed E-state index contributed by atoms with van der Waals surface area (Å²) in [4.78, 5) is 0. The summed E-state index contributed by atoms with van der Waals surface area (Å²) in [6.45, 7) is 5.39. The van der Waals surface area contributed by atoms with Crippen molar-refractivity contribution < 1.29 is 4.57 Å². The van der Waals surface area contributed by atoms with Gasteiger partial charge in [-0.25, -0.2) is 9.13 Å². The zero-order valence-electron chi connectivity index (χ0n) is 30.7. The number of rotatable bonds is 14. The number of hydrogen-bond acceptors (Lipinski definition) is 0. The van der Waals surface area contributed by atoms with E-state index in [0.29, 0.717) is 0 Å². The Hall–Kier alpha value is -5.99. The van der Waals surface area contributed by atoms with E-state index >= 15 is 0 Å². The van der Waals surface area contributed by atoms with E-state index in [0.717, 1.165) is 41.7 Å². The van der Waals surface area contributed by atoms with Crippen LogP contribution < -0.4 is 4.57 Å². The van der Waals surface area contributed by atoms with Crippen LogP contribution in [0.4, 0.5) is 0 Å². The highest BCUT2D eigenvalue weighted by atomic mass is 15.1. The van der Waals surface area contributed by atoms with Crippen molar-refractivity contribution in [3.8, 4) is 0 Å². The van der Waals surface area contributed by atoms with E-state index in [1.165, 1.54) is 45.6 Å². The van der Waals surface area contributed by atoms with Gasteiger partial charge < -0.3 is 0 Å². The second kappa shape index (κ2) is 18.3. The fraction of sp³-hybridized carbons (Fsp3) is 0.140. The lowest BCUT2D eigenvalue weighted by molar-refractivity contribution is -0.678. The number of imidazole rings is 1. The molecule has 0 atom stereocenters. The standard InChI is InChI=1S/C50H49N2/c1-4-6-32-52-34-33-51(3)50(52)39-49(45-30-20-11-21-31-45)38-48(44-28-18-10-19-29-44)37-47(43-26-16-9-17-27-43)36-46(42-24-14-8-15-25-42)35-40(5-2)41-22-12-7-13-23-41/h5,7-31,33-38H,4,6,32,39H2,1-3H3/q+1/b40-5-,46-35-,47-36-,48-37-,49-38-. The van der Waals surface area contributed by atoms with E-state index in [2.05, 4.69) is 224 Å². The summed E-state index contributed by atoms with van der Waals surface area (Å²) in [6.07, 6.45) is 19.2. The molecule has 2 nitrogen and oxygen atoms in total. The molecule has 2 heteroatoms. The number of unbranched alkanes of at least 4 members (excludes halogenated alkanes) is 1. The minimum absolute atomic E-state index is 0.808. The first-order valence-electron chi connectivity index (χ1n) is 18.5. The van der Waals surface area contributed by atoms with Crippen LogP contribution in [-0.4, -0.2) is 4.57 Å². The van der Waals surface area contributed by atoms with Gasteiger partial charge in [0.25, 0.3) is 5.82 Å². The van der Waals surface area contributed by atoms with Crippen molar-refractivity contribution >= 4 is 27.9 Å². The van der Waals surface area contributed by atoms with E-state index in [9.17, 15) is 0 Å². The van der Waals surface area contributed by atoms with Crippen molar-refractivity contribution in [3.05, 3.63) is 228 Å².